The Balaban J connectivity index is 2.89. The average molecular weight is 316 g/mol. The van der Waals surface area contributed by atoms with Crippen molar-refractivity contribution in [2.24, 2.45) is 5.92 Å². The molecule has 0 spiro atoms. The van der Waals surface area contributed by atoms with E-state index in [1.807, 2.05) is 26.0 Å². The molecule has 1 aromatic rings. The molecule has 23 heavy (non-hydrogen) atoms. The molecule has 0 aliphatic rings. The Morgan fingerprint density at radius 1 is 1.48 bits per heavy atom. The van der Waals surface area contributed by atoms with E-state index in [2.05, 4.69) is 15.4 Å². The Bertz CT molecular complexity index is 630. The van der Waals surface area contributed by atoms with Gasteiger partial charge in [-0.05, 0) is 19.8 Å². The van der Waals surface area contributed by atoms with Gasteiger partial charge in [-0.3, -0.25) is 5.01 Å². The van der Waals surface area contributed by atoms with Gasteiger partial charge in [-0.1, -0.05) is 13.8 Å². The van der Waals surface area contributed by atoms with Crippen LogP contribution in [-0.4, -0.2) is 28.2 Å². The summed E-state index contributed by atoms with van der Waals surface area (Å²) in [6.07, 6.45) is 0.834. The summed E-state index contributed by atoms with van der Waals surface area (Å²) in [7, 11) is 0. The molecule has 0 unspecified atom stereocenters. The number of aromatic nitrogens is 2. The highest BCUT2D eigenvalue weighted by atomic mass is 16.6. The van der Waals surface area contributed by atoms with Crippen LogP contribution in [0.5, 0.6) is 0 Å². The Labute approximate surface area is 135 Å². The van der Waals surface area contributed by atoms with Crippen molar-refractivity contribution in [2.45, 2.75) is 39.7 Å². The highest BCUT2D eigenvalue weighted by molar-refractivity contribution is 5.70. The van der Waals surface area contributed by atoms with Gasteiger partial charge in [0, 0.05) is 18.8 Å². The van der Waals surface area contributed by atoms with Crippen molar-refractivity contribution >= 4 is 11.9 Å². The number of nitrogens with one attached hydrogen (secondary N) is 1. The predicted octanol–water partition coefficient (Wildman–Crippen LogP) is 2.14. The van der Waals surface area contributed by atoms with Gasteiger partial charge in [0.25, 0.3) is 0 Å². The third kappa shape index (κ3) is 6.18. The van der Waals surface area contributed by atoms with Crippen LogP contribution in [0.1, 0.15) is 39.9 Å². The van der Waals surface area contributed by atoms with Crippen molar-refractivity contribution in [2.75, 3.05) is 11.6 Å². The molecule has 8 nitrogen and oxygen atoms in total. The highest BCUT2D eigenvalue weighted by Gasteiger charge is 2.24. The Morgan fingerprint density at radius 2 is 2.17 bits per heavy atom. The monoisotopic (exact) mass is 316 g/mol. The van der Waals surface area contributed by atoms with E-state index < -0.39 is 11.7 Å². The van der Waals surface area contributed by atoms with Crippen LogP contribution in [-0.2, 0) is 4.74 Å². The zero-order chi connectivity index (χ0) is 17.5. The molecule has 0 saturated carbocycles. The fourth-order valence-corrected chi connectivity index (χ4v) is 1.73. The summed E-state index contributed by atoms with van der Waals surface area (Å²) in [4.78, 5) is 19.9. The molecule has 0 fully saturated rings. The van der Waals surface area contributed by atoms with Crippen molar-refractivity contribution in [1.82, 2.24) is 15.4 Å². The van der Waals surface area contributed by atoms with Gasteiger partial charge in [-0.2, -0.15) is 15.5 Å². The van der Waals surface area contributed by atoms with E-state index in [1.54, 1.807) is 19.9 Å². The van der Waals surface area contributed by atoms with Crippen LogP contribution in [0.15, 0.2) is 12.3 Å². The van der Waals surface area contributed by atoms with E-state index in [0.29, 0.717) is 12.4 Å². The largest absolute Gasteiger partial charge is 0.441 e. The van der Waals surface area contributed by atoms with Gasteiger partial charge in [0.1, 0.15) is 11.7 Å². The summed E-state index contributed by atoms with van der Waals surface area (Å²) >= 11 is 0. The van der Waals surface area contributed by atoms with E-state index in [0.717, 1.165) is 0 Å². The quantitative estimate of drug-likeness (QED) is 0.799. The van der Waals surface area contributed by atoms with Crippen LogP contribution in [0.4, 0.5) is 10.6 Å². The molecule has 8 heteroatoms. The minimum absolute atomic E-state index is 0.0104. The molecule has 0 aromatic carbocycles. The fraction of sp³-hybridized carbons (Fsp3) is 0.533. The Morgan fingerprint density at radius 3 is 2.74 bits per heavy atom. The third-order valence-electron chi connectivity index (χ3n) is 2.67. The molecule has 0 atom stereocenters. The molecule has 1 heterocycles. The second-order valence-electron chi connectivity index (χ2n) is 5.95. The molecule has 0 saturated heterocycles. The van der Waals surface area contributed by atoms with Crippen LogP contribution >= 0.6 is 0 Å². The second-order valence-corrected chi connectivity index (χ2v) is 5.95. The predicted molar refractivity (Wildman–Crippen MR) is 82.9 cm³/mol. The molecule has 1 rings (SSSR count). The molecule has 1 aromatic heterocycles. The number of nitrogens with zero attached hydrogens (tertiary/aromatic N) is 5. The Kier molecular flexibility index (Phi) is 6.28. The summed E-state index contributed by atoms with van der Waals surface area (Å²) in [5.41, 5.74) is 1.70. The molecular weight excluding hydrogens is 296 g/mol. The number of carbonyl (C=O) groups excluding carboxylic acids is 1. The van der Waals surface area contributed by atoms with Crippen LogP contribution in [0.3, 0.4) is 0 Å². The van der Waals surface area contributed by atoms with Crippen molar-refractivity contribution in [3.8, 4) is 12.1 Å². The number of anilines is 1. The molecule has 0 bridgehead atoms. The van der Waals surface area contributed by atoms with Crippen LogP contribution < -0.4 is 10.4 Å². The number of hydrogen-bond donors (Lipinski definition) is 1. The minimum atomic E-state index is -0.897. The molecule has 0 radical (unpaired) electrons. The second kappa shape index (κ2) is 7.95. The zero-order valence-electron chi connectivity index (χ0n) is 13.7. The lowest BCUT2D eigenvalue weighted by Gasteiger charge is -2.28. The maximum atomic E-state index is 12.1. The smallest absolute Gasteiger partial charge is 0.426 e. The lowest BCUT2D eigenvalue weighted by Crippen LogP contribution is -2.47. The molecular formula is C15H20N6O2. The van der Waals surface area contributed by atoms with E-state index in [9.17, 15) is 4.79 Å². The highest BCUT2D eigenvalue weighted by Crippen LogP contribution is 2.15. The summed E-state index contributed by atoms with van der Waals surface area (Å²) < 4.78 is 5.25. The van der Waals surface area contributed by atoms with E-state index in [-0.39, 0.29) is 18.2 Å². The van der Waals surface area contributed by atoms with Crippen molar-refractivity contribution < 1.29 is 9.53 Å². The van der Waals surface area contributed by atoms with E-state index >= 15 is 0 Å². The van der Waals surface area contributed by atoms with E-state index in [4.69, 9.17) is 15.3 Å². The fourth-order valence-electron chi connectivity index (χ4n) is 1.73. The van der Waals surface area contributed by atoms with Crippen molar-refractivity contribution in [3.63, 3.8) is 0 Å². The van der Waals surface area contributed by atoms with Crippen molar-refractivity contribution in [1.29, 1.82) is 10.5 Å². The number of ether oxygens (including phenoxy) is 1. The standard InChI is InChI=1S/C15H20N6O2/c1-11(2)10-21(13-5-8-18-12(9-17)19-13)20-14(22)23-15(3,4)6-7-16/h5,8,11H,6,10H2,1-4H3,(H,20,22). The number of hydrogen-bond acceptors (Lipinski definition) is 7. The van der Waals surface area contributed by atoms with Gasteiger partial charge in [0.15, 0.2) is 5.82 Å². The zero-order valence-corrected chi connectivity index (χ0v) is 13.7. The average Bonchev–Trinajstić information content (AvgIpc) is 2.45. The number of amides is 1. The third-order valence-corrected chi connectivity index (χ3v) is 2.67. The summed E-state index contributed by atoms with van der Waals surface area (Å²) in [5, 5.41) is 19.1. The maximum absolute atomic E-state index is 12.1. The first-order chi connectivity index (χ1) is 10.8. The first-order valence-corrected chi connectivity index (χ1v) is 7.14. The minimum Gasteiger partial charge on any atom is -0.441 e. The van der Waals surface area contributed by atoms with Gasteiger partial charge >= 0.3 is 6.09 Å². The molecule has 1 N–H and O–H groups in total. The normalized spacial score (nSPS) is 10.6. The number of carbonyl (C=O) groups is 1. The first kappa shape index (κ1) is 18.2. The first-order valence-electron chi connectivity index (χ1n) is 7.14. The number of nitriles is 2. The molecule has 122 valence electrons. The van der Waals surface area contributed by atoms with E-state index in [1.165, 1.54) is 11.2 Å². The van der Waals surface area contributed by atoms with Gasteiger partial charge in [-0.15, -0.1) is 0 Å². The van der Waals surface area contributed by atoms with Gasteiger partial charge in [-0.25, -0.2) is 15.2 Å². The van der Waals surface area contributed by atoms with Gasteiger partial charge in [0.2, 0.25) is 5.82 Å². The Hall–Kier alpha value is -2.87. The summed E-state index contributed by atoms with van der Waals surface area (Å²) in [6.45, 7) is 7.73. The van der Waals surface area contributed by atoms with Crippen LogP contribution in [0.2, 0.25) is 0 Å². The van der Waals surface area contributed by atoms with Crippen LogP contribution in [0, 0.1) is 28.6 Å². The SMILES string of the molecule is CC(C)CN(NC(=O)OC(C)(C)CC#N)c1ccnc(C#N)n1. The molecule has 0 aliphatic heterocycles. The van der Waals surface area contributed by atoms with Crippen LogP contribution in [0.25, 0.3) is 0 Å². The molecule has 1 amide bonds. The lowest BCUT2D eigenvalue weighted by atomic mass is 10.1. The molecule has 0 aliphatic carbocycles. The van der Waals surface area contributed by atoms with Crippen molar-refractivity contribution in [3.05, 3.63) is 18.1 Å². The van der Waals surface area contributed by atoms with Gasteiger partial charge in [0.05, 0.1) is 12.5 Å². The number of hydrazine groups is 1. The van der Waals surface area contributed by atoms with Gasteiger partial charge < -0.3 is 4.74 Å². The summed E-state index contributed by atoms with van der Waals surface area (Å²) in [6, 6.07) is 5.41. The topological polar surface area (TPSA) is 115 Å². The maximum Gasteiger partial charge on any atom is 0.426 e. The number of rotatable bonds is 6. The lowest BCUT2D eigenvalue weighted by molar-refractivity contribution is 0.0417. The summed E-state index contributed by atoms with van der Waals surface area (Å²) in [5.74, 6) is 0.624.